The van der Waals surface area contributed by atoms with Crippen LogP contribution >= 0.6 is 0 Å². The summed E-state index contributed by atoms with van der Waals surface area (Å²) in [7, 11) is 5.31. The van der Waals surface area contributed by atoms with Gasteiger partial charge in [0, 0.05) is 14.1 Å². The topological polar surface area (TPSA) is 86.3 Å². The quantitative estimate of drug-likeness (QED) is 0.663. The maximum Gasteiger partial charge on any atom is 0.242 e. The minimum absolute atomic E-state index is 0.462. The van der Waals surface area contributed by atoms with E-state index in [1.54, 1.807) is 18.7 Å². The molecule has 0 radical (unpaired) electrons. The first-order valence-electron chi connectivity index (χ1n) is 4.04. The summed E-state index contributed by atoms with van der Waals surface area (Å²) in [5.41, 5.74) is 0. The Morgan fingerprint density at radius 1 is 1.14 bits per heavy atom. The molecule has 0 amide bonds. The van der Waals surface area contributed by atoms with Gasteiger partial charge < -0.3 is 5.32 Å². The van der Waals surface area contributed by atoms with Crippen LogP contribution in [0.3, 0.4) is 0 Å². The molecule has 8 nitrogen and oxygen atoms in total. The van der Waals surface area contributed by atoms with Crippen molar-refractivity contribution in [1.82, 2.24) is 35.0 Å². The van der Waals surface area contributed by atoms with E-state index < -0.39 is 0 Å². The van der Waals surface area contributed by atoms with E-state index in [4.69, 9.17) is 0 Å². The minimum atomic E-state index is 0.462. The summed E-state index contributed by atoms with van der Waals surface area (Å²) in [6.45, 7) is 0. The van der Waals surface area contributed by atoms with E-state index >= 15 is 0 Å². The highest BCUT2D eigenvalue weighted by Gasteiger charge is 2.13. The van der Waals surface area contributed by atoms with Gasteiger partial charge >= 0.3 is 0 Å². The van der Waals surface area contributed by atoms with Crippen LogP contribution < -0.4 is 5.32 Å². The van der Waals surface area contributed by atoms with Crippen molar-refractivity contribution >= 4 is 5.95 Å². The summed E-state index contributed by atoms with van der Waals surface area (Å²) in [5, 5.41) is 22.3. The molecule has 0 fully saturated rings. The lowest BCUT2D eigenvalue weighted by Gasteiger charge is -1.98. The van der Waals surface area contributed by atoms with Gasteiger partial charge in [0.15, 0.2) is 0 Å². The summed E-state index contributed by atoms with van der Waals surface area (Å²) in [5.74, 6) is 1.71. The van der Waals surface area contributed by atoms with E-state index in [-0.39, 0.29) is 0 Å². The van der Waals surface area contributed by atoms with Crippen LogP contribution in [0.25, 0.3) is 11.6 Å². The lowest BCUT2D eigenvalue weighted by atomic mass is 10.6. The zero-order chi connectivity index (χ0) is 10.1. The predicted octanol–water partition coefficient (Wildman–Crippen LogP) is -0.953. The van der Waals surface area contributed by atoms with Crippen LogP contribution in [0.15, 0.2) is 0 Å². The molecule has 0 aliphatic rings. The van der Waals surface area contributed by atoms with Crippen LogP contribution in [0.2, 0.25) is 0 Å². The highest BCUT2D eigenvalue weighted by atomic mass is 15.6. The van der Waals surface area contributed by atoms with Crippen molar-refractivity contribution in [1.29, 1.82) is 0 Å². The molecule has 2 aromatic rings. The molecule has 8 heteroatoms. The number of aromatic nitrogens is 7. The Balaban J connectivity index is 2.46. The second kappa shape index (κ2) is 3.05. The van der Waals surface area contributed by atoms with Crippen molar-refractivity contribution in [3.8, 4) is 11.6 Å². The second-order valence-electron chi connectivity index (χ2n) is 2.76. The van der Waals surface area contributed by atoms with E-state index in [0.717, 1.165) is 0 Å². The fraction of sp³-hybridized carbons (Fsp3) is 0.500. The Labute approximate surface area is 79.9 Å². The molecule has 2 rings (SSSR count). The first-order valence-corrected chi connectivity index (χ1v) is 4.04. The molecule has 14 heavy (non-hydrogen) atoms. The number of tetrazole rings is 1. The van der Waals surface area contributed by atoms with Crippen molar-refractivity contribution in [2.24, 2.45) is 14.1 Å². The fourth-order valence-electron chi connectivity index (χ4n) is 1.12. The van der Waals surface area contributed by atoms with E-state index in [9.17, 15) is 0 Å². The molecule has 2 heterocycles. The molecule has 2 aromatic heterocycles. The van der Waals surface area contributed by atoms with Crippen LogP contribution in [0.4, 0.5) is 5.95 Å². The van der Waals surface area contributed by atoms with Crippen LogP contribution in [0.5, 0.6) is 0 Å². The lowest BCUT2D eigenvalue weighted by Crippen LogP contribution is -2.00. The molecule has 0 saturated heterocycles. The Morgan fingerprint density at radius 2 is 1.93 bits per heavy atom. The zero-order valence-electron chi connectivity index (χ0n) is 8.13. The molecule has 0 unspecified atom stereocenters. The van der Waals surface area contributed by atoms with Gasteiger partial charge in [0.1, 0.15) is 0 Å². The van der Waals surface area contributed by atoms with E-state index in [1.165, 1.54) is 4.80 Å². The molecule has 1 N–H and O–H groups in total. The second-order valence-corrected chi connectivity index (χ2v) is 2.76. The molecule has 0 atom stereocenters. The van der Waals surface area contributed by atoms with Gasteiger partial charge in [0.2, 0.25) is 17.6 Å². The van der Waals surface area contributed by atoms with Crippen molar-refractivity contribution < 1.29 is 0 Å². The number of hydrogen-bond donors (Lipinski definition) is 1. The third kappa shape index (κ3) is 1.20. The first kappa shape index (κ1) is 8.60. The summed E-state index contributed by atoms with van der Waals surface area (Å²) in [6.07, 6.45) is 0. The number of rotatable bonds is 2. The van der Waals surface area contributed by atoms with E-state index in [0.29, 0.717) is 17.6 Å². The van der Waals surface area contributed by atoms with Crippen molar-refractivity contribution in [2.45, 2.75) is 0 Å². The van der Waals surface area contributed by atoms with Gasteiger partial charge in [0.05, 0.1) is 7.05 Å². The summed E-state index contributed by atoms with van der Waals surface area (Å²) >= 11 is 0. The van der Waals surface area contributed by atoms with Gasteiger partial charge in [-0.05, 0) is 5.21 Å². The van der Waals surface area contributed by atoms with Gasteiger partial charge in [-0.3, -0.25) is 4.57 Å². The third-order valence-electron chi connectivity index (χ3n) is 1.81. The van der Waals surface area contributed by atoms with E-state index in [1.807, 2.05) is 7.05 Å². The standard InChI is InChI=1S/C6H10N8/c1-7-6-10-9-5(13(6)2)4-8-12-14(3)11-4/h1-3H3,(H,7,10). The first-order chi connectivity index (χ1) is 6.72. The number of aryl methyl sites for hydroxylation is 1. The number of nitrogens with zero attached hydrogens (tertiary/aromatic N) is 7. The van der Waals surface area contributed by atoms with Crippen molar-refractivity contribution in [3.05, 3.63) is 0 Å². The van der Waals surface area contributed by atoms with Crippen molar-refractivity contribution in [3.63, 3.8) is 0 Å². The number of hydrogen-bond acceptors (Lipinski definition) is 6. The van der Waals surface area contributed by atoms with Crippen LogP contribution in [0.1, 0.15) is 0 Å². The monoisotopic (exact) mass is 194 g/mol. The summed E-state index contributed by atoms with van der Waals surface area (Å²) < 4.78 is 1.76. The number of nitrogens with one attached hydrogen (secondary N) is 1. The molecule has 0 aliphatic heterocycles. The van der Waals surface area contributed by atoms with Crippen molar-refractivity contribution in [2.75, 3.05) is 12.4 Å². The Hall–Kier alpha value is -1.99. The third-order valence-corrected chi connectivity index (χ3v) is 1.81. The SMILES string of the molecule is CNc1nnc(-c2nnn(C)n2)n1C. The molecule has 0 aliphatic carbocycles. The average Bonchev–Trinajstić information content (AvgIpc) is 2.72. The Morgan fingerprint density at radius 3 is 2.43 bits per heavy atom. The Bertz CT molecular complexity index is 440. The lowest BCUT2D eigenvalue weighted by molar-refractivity contribution is 0.630. The minimum Gasteiger partial charge on any atom is -0.357 e. The maximum atomic E-state index is 4.03. The van der Waals surface area contributed by atoms with Crippen LogP contribution in [-0.2, 0) is 14.1 Å². The normalized spacial score (nSPS) is 10.5. The summed E-state index contributed by atoms with van der Waals surface area (Å²) in [4.78, 5) is 1.38. The van der Waals surface area contributed by atoms with Gasteiger partial charge in [-0.2, -0.15) is 4.80 Å². The maximum absolute atomic E-state index is 4.03. The van der Waals surface area contributed by atoms with Crippen LogP contribution in [-0.4, -0.2) is 42.0 Å². The van der Waals surface area contributed by atoms with Gasteiger partial charge in [-0.15, -0.1) is 20.4 Å². The molecular formula is C6H10N8. The highest BCUT2D eigenvalue weighted by Crippen LogP contribution is 2.12. The molecule has 0 spiro atoms. The zero-order valence-corrected chi connectivity index (χ0v) is 8.13. The molecule has 74 valence electrons. The highest BCUT2D eigenvalue weighted by molar-refractivity contribution is 5.45. The van der Waals surface area contributed by atoms with Gasteiger partial charge in [0.25, 0.3) is 0 Å². The predicted molar refractivity (Wildman–Crippen MR) is 48.3 cm³/mol. The summed E-state index contributed by atoms with van der Waals surface area (Å²) in [6, 6.07) is 0. The molecule has 0 saturated carbocycles. The fourth-order valence-corrected chi connectivity index (χ4v) is 1.12. The average molecular weight is 194 g/mol. The number of anilines is 1. The Kier molecular flexibility index (Phi) is 1.88. The van der Waals surface area contributed by atoms with Crippen LogP contribution in [0, 0.1) is 0 Å². The van der Waals surface area contributed by atoms with Gasteiger partial charge in [-0.25, -0.2) is 0 Å². The molecule has 0 bridgehead atoms. The molecular weight excluding hydrogens is 184 g/mol. The molecule has 0 aromatic carbocycles. The van der Waals surface area contributed by atoms with E-state index in [2.05, 4.69) is 30.9 Å². The smallest absolute Gasteiger partial charge is 0.242 e. The van der Waals surface area contributed by atoms with Gasteiger partial charge in [-0.1, -0.05) is 0 Å². The largest absolute Gasteiger partial charge is 0.357 e.